The van der Waals surface area contributed by atoms with Crippen molar-refractivity contribution in [2.45, 2.75) is 6.54 Å². The molecule has 128 valence electrons. The minimum atomic E-state index is -0.498. The number of nitrogens with one attached hydrogen (secondary N) is 2. The predicted molar refractivity (Wildman–Crippen MR) is 93.8 cm³/mol. The molecule has 0 saturated carbocycles. The number of para-hydroxylation sites is 1. The van der Waals surface area contributed by atoms with Gasteiger partial charge in [0.05, 0.1) is 10.5 Å². The number of carbonyl (C=O) groups is 2. The van der Waals surface area contributed by atoms with Gasteiger partial charge in [-0.05, 0) is 29.8 Å². The van der Waals surface area contributed by atoms with E-state index in [4.69, 9.17) is 0 Å². The molecular weight excluding hydrogens is 322 g/mol. The van der Waals surface area contributed by atoms with Crippen molar-refractivity contribution in [2.24, 2.45) is 0 Å². The Morgan fingerprint density at radius 2 is 1.92 bits per heavy atom. The summed E-state index contributed by atoms with van der Waals surface area (Å²) in [5, 5.41) is 16.1. The van der Waals surface area contributed by atoms with Crippen LogP contribution in [0.15, 0.2) is 54.6 Å². The summed E-state index contributed by atoms with van der Waals surface area (Å²) in [6, 6.07) is 13.1. The van der Waals surface area contributed by atoms with E-state index in [-0.39, 0.29) is 24.0 Å². The van der Waals surface area contributed by atoms with E-state index >= 15 is 0 Å². The second-order valence-corrected chi connectivity index (χ2v) is 5.15. The maximum absolute atomic E-state index is 11.9. The average molecular weight is 339 g/mol. The normalized spacial score (nSPS) is 10.4. The molecule has 0 aliphatic rings. The zero-order chi connectivity index (χ0) is 18.2. The van der Waals surface area contributed by atoms with Gasteiger partial charge in [0, 0.05) is 31.3 Å². The number of carbonyl (C=O) groups excluding carboxylic acids is 2. The summed E-state index contributed by atoms with van der Waals surface area (Å²) < 4.78 is 0. The number of nitro benzene ring substituents is 1. The van der Waals surface area contributed by atoms with Gasteiger partial charge in [-0.2, -0.15) is 0 Å². The molecule has 0 fully saturated rings. The Morgan fingerprint density at radius 1 is 1.16 bits per heavy atom. The molecule has 25 heavy (non-hydrogen) atoms. The number of nitro groups is 1. The topological polar surface area (TPSA) is 101 Å². The van der Waals surface area contributed by atoms with E-state index in [0.29, 0.717) is 11.1 Å². The summed E-state index contributed by atoms with van der Waals surface area (Å²) in [5.41, 5.74) is 1.56. The molecule has 7 heteroatoms. The predicted octanol–water partition coefficient (Wildman–Crippen LogP) is 2.28. The van der Waals surface area contributed by atoms with Crippen LogP contribution in [0.1, 0.15) is 21.5 Å². The van der Waals surface area contributed by atoms with Crippen LogP contribution in [-0.2, 0) is 11.3 Å². The van der Waals surface area contributed by atoms with Crippen LogP contribution in [0.5, 0.6) is 0 Å². The fourth-order valence-corrected chi connectivity index (χ4v) is 2.18. The number of amides is 2. The first-order valence-corrected chi connectivity index (χ1v) is 7.51. The SMILES string of the molecule is CNC(=O)c1cccc(CNC(=O)/C=C/c2ccccc2[N+](=O)[O-])c1. The zero-order valence-corrected chi connectivity index (χ0v) is 13.6. The van der Waals surface area contributed by atoms with E-state index in [1.54, 1.807) is 49.5 Å². The van der Waals surface area contributed by atoms with Crippen molar-refractivity contribution in [2.75, 3.05) is 7.05 Å². The van der Waals surface area contributed by atoms with Gasteiger partial charge >= 0.3 is 0 Å². The first-order valence-electron chi connectivity index (χ1n) is 7.51. The third kappa shape index (κ3) is 5.00. The summed E-state index contributed by atoms with van der Waals surface area (Å²) in [5.74, 6) is -0.590. The summed E-state index contributed by atoms with van der Waals surface area (Å²) in [6.45, 7) is 0.241. The fourth-order valence-electron chi connectivity index (χ4n) is 2.18. The molecule has 0 spiro atoms. The van der Waals surface area contributed by atoms with Gasteiger partial charge in [-0.15, -0.1) is 0 Å². The maximum Gasteiger partial charge on any atom is 0.276 e. The molecule has 0 aliphatic heterocycles. The molecule has 0 atom stereocenters. The van der Waals surface area contributed by atoms with Gasteiger partial charge in [0.25, 0.3) is 11.6 Å². The van der Waals surface area contributed by atoms with E-state index in [9.17, 15) is 19.7 Å². The van der Waals surface area contributed by atoms with E-state index in [0.717, 1.165) is 5.56 Å². The van der Waals surface area contributed by atoms with Crippen molar-refractivity contribution in [3.63, 3.8) is 0 Å². The van der Waals surface area contributed by atoms with Gasteiger partial charge in [0.1, 0.15) is 0 Å². The molecule has 0 unspecified atom stereocenters. The molecule has 2 amide bonds. The van der Waals surface area contributed by atoms with Crippen molar-refractivity contribution in [3.8, 4) is 0 Å². The van der Waals surface area contributed by atoms with Crippen LogP contribution in [0.3, 0.4) is 0 Å². The Labute approximate surface area is 144 Å². The van der Waals surface area contributed by atoms with Crippen molar-refractivity contribution in [1.29, 1.82) is 0 Å². The molecule has 2 N–H and O–H groups in total. The van der Waals surface area contributed by atoms with Crippen LogP contribution in [0.25, 0.3) is 6.08 Å². The average Bonchev–Trinajstić information content (AvgIpc) is 2.64. The number of hydrogen-bond acceptors (Lipinski definition) is 4. The molecular formula is C18H17N3O4. The number of hydrogen-bond donors (Lipinski definition) is 2. The minimum absolute atomic E-state index is 0.0650. The lowest BCUT2D eigenvalue weighted by Gasteiger charge is -2.05. The van der Waals surface area contributed by atoms with Gasteiger partial charge in [-0.1, -0.05) is 24.3 Å². The highest BCUT2D eigenvalue weighted by Crippen LogP contribution is 2.18. The van der Waals surface area contributed by atoms with Gasteiger partial charge in [-0.25, -0.2) is 0 Å². The van der Waals surface area contributed by atoms with Crippen LogP contribution >= 0.6 is 0 Å². The molecule has 2 aromatic rings. The lowest BCUT2D eigenvalue weighted by Crippen LogP contribution is -2.21. The fraction of sp³-hybridized carbons (Fsp3) is 0.111. The Hall–Kier alpha value is -3.48. The summed E-state index contributed by atoms with van der Waals surface area (Å²) in [4.78, 5) is 33.9. The molecule has 0 saturated heterocycles. The quantitative estimate of drug-likeness (QED) is 0.479. The van der Waals surface area contributed by atoms with Gasteiger partial charge in [0.2, 0.25) is 5.91 Å². The lowest BCUT2D eigenvalue weighted by atomic mass is 10.1. The first-order chi connectivity index (χ1) is 12.0. The van der Waals surface area contributed by atoms with Crippen molar-refractivity contribution in [1.82, 2.24) is 10.6 Å². The van der Waals surface area contributed by atoms with Crippen molar-refractivity contribution in [3.05, 3.63) is 81.4 Å². The van der Waals surface area contributed by atoms with Gasteiger partial charge in [-0.3, -0.25) is 19.7 Å². The zero-order valence-electron chi connectivity index (χ0n) is 13.6. The molecule has 0 bridgehead atoms. The second kappa shape index (κ2) is 8.39. The van der Waals surface area contributed by atoms with E-state index in [1.165, 1.54) is 18.2 Å². The molecule has 0 aromatic heterocycles. The lowest BCUT2D eigenvalue weighted by molar-refractivity contribution is -0.385. The highest BCUT2D eigenvalue weighted by Gasteiger charge is 2.10. The molecule has 0 radical (unpaired) electrons. The summed E-state index contributed by atoms with van der Waals surface area (Å²) >= 11 is 0. The smallest absolute Gasteiger partial charge is 0.276 e. The Balaban J connectivity index is 2.00. The van der Waals surface area contributed by atoms with Crippen molar-refractivity contribution < 1.29 is 14.5 Å². The minimum Gasteiger partial charge on any atom is -0.355 e. The van der Waals surface area contributed by atoms with E-state index < -0.39 is 4.92 Å². The van der Waals surface area contributed by atoms with Crippen molar-refractivity contribution >= 4 is 23.6 Å². The van der Waals surface area contributed by atoms with Crippen LogP contribution < -0.4 is 10.6 Å². The monoisotopic (exact) mass is 339 g/mol. The summed E-state index contributed by atoms with van der Waals surface area (Å²) in [6.07, 6.45) is 2.64. The Kier molecular flexibility index (Phi) is 6.00. The maximum atomic E-state index is 11.9. The molecule has 2 rings (SSSR count). The highest BCUT2D eigenvalue weighted by atomic mass is 16.6. The van der Waals surface area contributed by atoms with E-state index in [2.05, 4.69) is 10.6 Å². The number of rotatable bonds is 6. The number of nitrogens with zero attached hydrogens (tertiary/aromatic N) is 1. The molecule has 0 aliphatic carbocycles. The van der Waals surface area contributed by atoms with Gasteiger partial charge in [0.15, 0.2) is 0 Å². The van der Waals surface area contributed by atoms with Gasteiger partial charge < -0.3 is 10.6 Å². The Bertz CT molecular complexity index is 831. The summed E-state index contributed by atoms with van der Waals surface area (Å²) in [7, 11) is 1.55. The molecule has 0 heterocycles. The molecule has 7 nitrogen and oxygen atoms in total. The van der Waals surface area contributed by atoms with Crippen LogP contribution in [0.4, 0.5) is 5.69 Å². The Morgan fingerprint density at radius 3 is 2.64 bits per heavy atom. The third-order valence-corrected chi connectivity index (χ3v) is 3.43. The molecule has 2 aromatic carbocycles. The standard InChI is InChI=1S/C18H17N3O4/c1-19-18(23)15-7-4-5-13(11-15)12-20-17(22)10-9-14-6-2-3-8-16(14)21(24)25/h2-11H,12H2,1H3,(H,19,23)(H,20,22)/b10-9+. The van der Waals surface area contributed by atoms with Crippen LogP contribution in [0, 0.1) is 10.1 Å². The van der Waals surface area contributed by atoms with Crippen LogP contribution in [-0.4, -0.2) is 23.8 Å². The third-order valence-electron chi connectivity index (χ3n) is 3.43. The van der Waals surface area contributed by atoms with E-state index in [1.807, 2.05) is 0 Å². The van der Waals surface area contributed by atoms with Crippen LogP contribution in [0.2, 0.25) is 0 Å². The second-order valence-electron chi connectivity index (χ2n) is 5.15. The largest absolute Gasteiger partial charge is 0.355 e. The first kappa shape index (κ1) is 17.9. The number of benzene rings is 2. The highest BCUT2D eigenvalue weighted by molar-refractivity contribution is 5.94.